The number of thiophene rings is 1. The Morgan fingerprint density at radius 1 is 1.32 bits per heavy atom. The first-order valence-electron chi connectivity index (χ1n) is 8.04. The number of carbonyl (C=O) groups is 1. The van der Waals surface area contributed by atoms with Gasteiger partial charge in [-0.15, -0.1) is 11.3 Å². The van der Waals surface area contributed by atoms with Crippen LogP contribution in [0.5, 0.6) is 0 Å². The van der Waals surface area contributed by atoms with E-state index in [-0.39, 0.29) is 10.4 Å². The van der Waals surface area contributed by atoms with Crippen molar-refractivity contribution in [2.24, 2.45) is 0 Å². The molecule has 2 aromatic heterocycles. The summed E-state index contributed by atoms with van der Waals surface area (Å²) in [6.07, 6.45) is -0.906. The highest BCUT2D eigenvalue weighted by molar-refractivity contribution is 7.20. The Balaban J connectivity index is 2.07. The minimum atomic E-state index is -4.47. The van der Waals surface area contributed by atoms with Gasteiger partial charge < -0.3 is 4.90 Å². The number of hydrogen-bond donors (Lipinski definition) is 0. The lowest BCUT2D eigenvalue weighted by molar-refractivity contribution is -0.138. The van der Waals surface area contributed by atoms with Gasteiger partial charge in [0.1, 0.15) is 17.2 Å². The quantitative estimate of drug-likeness (QED) is 0.813. The fourth-order valence-corrected chi connectivity index (χ4v) is 4.31. The summed E-state index contributed by atoms with van der Waals surface area (Å²) in [5.41, 5.74) is 0.212. The Bertz CT molecular complexity index is 885. The molecule has 0 bridgehead atoms. The maximum atomic E-state index is 12.8. The smallest absolute Gasteiger partial charge is 0.332 e. The van der Waals surface area contributed by atoms with Crippen LogP contribution in [-0.4, -0.2) is 40.1 Å². The minimum Gasteiger partial charge on any atom is -0.332 e. The van der Waals surface area contributed by atoms with Crippen LogP contribution in [0.2, 0.25) is 0 Å². The first kappa shape index (κ1) is 17.9. The maximum absolute atomic E-state index is 12.8. The molecule has 0 unspecified atom stereocenters. The third kappa shape index (κ3) is 3.42. The Kier molecular flexibility index (Phi) is 4.61. The predicted octanol–water partition coefficient (Wildman–Crippen LogP) is 3.13. The van der Waals surface area contributed by atoms with E-state index < -0.39 is 18.6 Å². The fraction of sp³-hybridized carbons (Fsp3) is 0.562. The molecule has 1 aliphatic rings. The molecule has 136 valence electrons. The molecule has 0 aliphatic carbocycles. The number of alkyl halides is 3. The van der Waals surface area contributed by atoms with Crippen molar-refractivity contribution >= 4 is 27.5 Å². The third-order valence-electron chi connectivity index (χ3n) is 4.37. The van der Waals surface area contributed by atoms with Crippen LogP contribution in [-0.2, 0) is 13.0 Å². The van der Waals surface area contributed by atoms with Crippen LogP contribution in [0.25, 0.3) is 10.2 Å². The molecule has 0 radical (unpaired) electrons. The van der Waals surface area contributed by atoms with Crippen LogP contribution < -0.4 is 5.56 Å². The van der Waals surface area contributed by atoms with Crippen molar-refractivity contribution in [1.82, 2.24) is 14.5 Å². The first-order valence-corrected chi connectivity index (χ1v) is 8.85. The highest BCUT2D eigenvalue weighted by Gasteiger charge is 2.33. The highest BCUT2D eigenvalue weighted by Crippen LogP contribution is 2.30. The van der Waals surface area contributed by atoms with Crippen LogP contribution in [0.1, 0.15) is 40.3 Å². The lowest BCUT2D eigenvalue weighted by Crippen LogP contribution is -2.35. The zero-order chi connectivity index (χ0) is 18.4. The molecule has 0 saturated heterocycles. The molecule has 1 aliphatic heterocycles. The molecule has 0 spiro atoms. The van der Waals surface area contributed by atoms with E-state index in [0.29, 0.717) is 39.5 Å². The van der Waals surface area contributed by atoms with E-state index in [1.54, 1.807) is 11.5 Å². The highest BCUT2D eigenvalue weighted by atomic mass is 32.1. The second-order valence-corrected chi connectivity index (χ2v) is 7.31. The number of aromatic nitrogens is 2. The molecule has 0 atom stereocenters. The van der Waals surface area contributed by atoms with Crippen molar-refractivity contribution < 1.29 is 18.0 Å². The fourth-order valence-electron chi connectivity index (χ4n) is 3.13. The van der Waals surface area contributed by atoms with E-state index >= 15 is 0 Å². The zero-order valence-corrected chi connectivity index (χ0v) is 14.8. The summed E-state index contributed by atoms with van der Waals surface area (Å²) < 4.78 is 39.3. The SMILES string of the molecule is Cc1c(C(=O)N(C)CC(F)(F)F)sc2nc3n(c(=O)c12)CCCCC3. The van der Waals surface area contributed by atoms with E-state index in [0.717, 1.165) is 37.6 Å². The van der Waals surface area contributed by atoms with Crippen molar-refractivity contribution in [1.29, 1.82) is 0 Å². The molecule has 25 heavy (non-hydrogen) atoms. The Hall–Kier alpha value is -1.90. The van der Waals surface area contributed by atoms with Crippen molar-refractivity contribution in [2.75, 3.05) is 13.6 Å². The summed E-state index contributed by atoms with van der Waals surface area (Å²) in [7, 11) is 1.11. The summed E-state index contributed by atoms with van der Waals surface area (Å²) >= 11 is 0.997. The van der Waals surface area contributed by atoms with E-state index in [1.807, 2.05) is 0 Å². The van der Waals surface area contributed by atoms with Gasteiger partial charge in [-0.1, -0.05) is 6.42 Å². The standard InChI is InChI=1S/C16H18F3N3O2S/c1-9-11-13(20-10-6-4-3-5-7-22(10)14(11)23)25-12(9)15(24)21(2)8-16(17,18)19/h3-8H2,1-2H3. The average Bonchev–Trinajstić information content (AvgIpc) is 2.69. The third-order valence-corrected chi connectivity index (χ3v) is 5.54. The molecule has 3 rings (SSSR count). The lowest BCUT2D eigenvalue weighted by Gasteiger charge is -2.18. The van der Waals surface area contributed by atoms with Gasteiger partial charge in [0.2, 0.25) is 0 Å². The number of carbonyl (C=O) groups excluding carboxylic acids is 1. The molecule has 9 heteroatoms. The van der Waals surface area contributed by atoms with Crippen LogP contribution in [0.4, 0.5) is 13.2 Å². The number of hydrogen-bond acceptors (Lipinski definition) is 4. The lowest BCUT2D eigenvalue weighted by atomic mass is 10.2. The van der Waals surface area contributed by atoms with Crippen LogP contribution in [0, 0.1) is 6.92 Å². The van der Waals surface area contributed by atoms with Crippen LogP contribution >= 0.6 is 11.3 Å². The summed E-state index contributed by atoms with van der Waals surface area (Å²) in [5.74, 6) is -0.0451. The average molecular weight is 373 g/mol. The second-order valence-electron chi connectivity index (χ2n) is 6.31. The number of halogens is 3. The van der Waals surface area contributed by atoms with Gasteiger partial charge >= 0.3 is 6.18 Å². The van der Waals surface area contributed by atoms with Gasteiger partial charge in [-0.3, -0.25) is 14.2 Å². The molecule has 0 saturated carbocycles. The van der Waals surface area contributed by atoms with E-state index in [4.69, 9.17) is 0 Å². The summed E-state index contributed by atoms with van der Waals surface area (Å²) in [6, 6.07) is 0. The molecule has 1 amide bonds. The van der Waals surface area contributed by atoms with Gasteiger partial charge in [-0.2, -0.15) is 13.2 Å². The van der Waals surface area contributed by atoms with E-state index in [1.165, 1.54) is 0 Å². The van der Waals surface area contributed by atoms with E-state index in [9.17, 15) is 22.8 Å². The topological polar surface area (TPSA) is 55.2 Å². The normalized spacial score (nSPS) is 15.1. The maximum Gasteiger partial charge on any atom is 0.406 e. The summed E-state index contributed by atoms with van der Waals surface area (Å²) in [4.78, 5) is 30.9. The molecule has 0 fully saturated rings. The molecular weight excluding hydrogens is 355 g/mol. The monoisotopic (exact) mass is 373 g/mol. The summed E-state index contributed by atoms with van der Waals surface area (Å²) in [5, 5.41) is 0.347. The van der Waals surface area contributed by atoms with Crippen molar-refractivity contribution in [3.63, 3.8) is 0 Å². The van der Waals surface area contributed by atoms with Gasteiger partial charge in [-0.05, 0) is 25.3 Å². The largest absolute Gasteiger partial charge is 0.406 e. The van der Waals surface area contributed by atoms with Crippen molar-refractivity contribution in [3.05, 3.63) is 26.6 Å². The van der Waals surface area contributed by atoms with E-state index in [2.05, 4.69) is 4.98 Å². The predicted molar refractivity (Wildman–Crippen MR) is 89.2 cm³/mol. The van der Waals surface area contributed by atoms with Crippen LogP contribution in [0.15, 0.2) is 4.79 Å². The molecule has 0 aromatic carbocycles. The zero-order valence-electron chi connectivity index (χ0n) is 13.9. The number of rotatable bonds is 2. The molecule has 2 aromatic rings. The molecule has 3 heterocycles. The molecule has 5 nitrogen and oxygen atoms in total. The second kappa shape index (κ2) is 6.44. The number of fused-ring (bicyclic) bond motifs is 2. The number of nitrogens with zero attached hydrogens (tertiary/aromatic N) is 3. The van der Waals surface area contributed by atoms with Gasteiger partial charge in [0.05, 0.1) is 10.3 Å². The number of amides is 1. The molecular formula is C16H18F3N3O2S. The molecule has 0 N–H and O–H groups in total. The minimum absolute atomic E-state index is 0.145. The van der Waals surface area contributed by atoms with Crippen molar-refractivity contribution in [3.8, 4) is 0 Å². The van der Waals surface area contributed by atoms with Gasteiger partial charge in [0, 0.05) is 20.0 Å². The van der Waals surface area contributed by atoms with Crippen LogP contribution in [0.3, 0.4) is 0 Å². The van der Waals surface area contributed by atoms with Gasteiger partial charge in [0.15, 0.2) is 0 Å². The van der Waals surface area contributed by atoms with Gasteiger partial charge in [-0.25, -0.2) is 4.98 Å². The van der Waals surface area contributed by atoms with Crippen molar-refractivity contribution in [2.45, 2.75) is 45.3 Å². The first-order chi connectivity index (χ1) is 11.7. The Morgan fingerprint density at radius 2 is 2.04 bits per heavy atom. The summed E-state index contributed by atoms with van der Waals surface area (Å²) in [6.45, 7) is 0.853. The number of aryl methyl sites for hydroxylation is 2. The Morgan fingerprint density at radius 3 is 2.72 bits per heavy atom. The van der Waals surface area contributed by atoms with Gasteiger partial charge in [0.25, 0.3) is 11.5 Å². The Labute approximate surface area is 146 Å².